The van der Waals surface area contributed by atoms with Crippen molar-refractivity contribution < 1.29 is 19.0 Å². The van der Waals surface area contributed by atoms with E-state index < -0.39 is 0 Å². The number of carbonyl (C=O) groups is 1. The van der Waals surface area contributed by atoms with Crippen molar-refractivity contribution in [3.63, 3.8) is 0 Å². The van der Waals surface area contributed by atoms with Crippen molar-refractivity contribution >= 4 is 17.4 Å². The number of benzene rings is 2. The Bertz CT molecular complexity index is 930. The molecule has 0 bridgehead atoms. The van der Waals surface area contributed by atoms with Gasteiger partial charge in [0.25, 0.3) is 5.91 Å². The summed E-state index contributed by atoms with van der Waals surface area (Å²) in [7, 11) is 3.19. The molecule has 0 radical (unpaired) electrons. The molecule has 1 amide bonds. The molecule has 3 rings (SSSR count). The third kappa shape index (κ3) is 5.83. The average molecular weight is 394 g/mol. The molecule has 8 nitrogen and oxygen atoms in total. The van der Waals surface area contributed by atoms with Gasteiger partial charge in [-0.05, 0) is 48.5 Å². The Morgan fingerprint density at radius 2 is 1.66 bits per heavy atom. The first-order chi connectivity index (χ1) is 14.2. The minimum absolute atomic E-state index is 0.216. The van der Waals surface area contributed by atoms with E-state index in [4.69, 9.17) is 14.2 Å². The van der Waals surface area contributed by atoms with E-state index >= 15 is 0 Å². The van der Waals surface area contributed by atoms with Gasteiger partial charge in [-0.25, -0.2) is 0 Å². The lowest BCUT2D eigenvalue weighted by atomic mass is 10.3. The third-order valence-corrected chi connectivity index (χ3v) is 3.96. The minimum Gasteiger partial charge on any atom is -0.497 e. The molecule has 1 heterocycles. The van der Waals surface area contributed by atoms with E-state index in [0.29, 0.717) is 30.4 Å². The average Bonchev–Trinajstić information content (AvgIpc) is 2.77. The summed E-state index contributed by atoms with van der Waals surface area (Å²) >= 11 is 0. The van der Waals surface area contributed by atoms with Gasteiger partial charge in [-0.1, -0.05) is 6.07 Å². The van der Waals surface area contributed by atoms with Gasteiger partial charge in [0.05, 0.1) is 20.8 Å². The Morgan fingerprint density at radius 3 is 2.34 bits per heavy atom. The summed E-state index contributed by atoms with van der Waals surface area (Å²) in [6, 6.07) is 17.7. The fourth-order valence-electron chi connectivity index (χ4n) is 2.46. The largest absolute Gasteiger partial charge is 0.497 e. The summed E-state index contributed by atoms with van der Waals surface area (Å²) in [5.41, 5.74) is 0.835. The van der Waals surface area contributed by atoms with Gasteiger partial charge >= 0.3 is 0 Å². The number of nitrogens with zero attached hydrogens (tertiary/aromatic N) is 2. The molecule has 0 aliphatic rings. The van der Waals surface area contributed by atoms with Gasteiger partial charge < -0.3 is 24.8 Å². The van der Waals surface area contributed by atoms with Crippen molar-refractivity contribution in [1.82, 2.24) is 10.2 Å². The number of ether oxygens (including phenoxy) is 3. The molecule has 150 valence electrons. The van der Waals surface area contributed by atoms with Gasteiger partial charge in [0.2, 0.25) is 0 Å². The molecule has 0 unspecified atom stereocenters. The maximum Gasteiger partial charge on any atom is 0.276 e. The summed E-state index contributed by atoms with van der Waals surface area (Å²) in [5.74, 6) is 2.40. The zero-order valence-electron chi connectivity index (χ0n) is 16.2. The number of hydrogen-bond donors (Lipinski definition) is 2. The Labute approximate surface area is 168 Å². The highest BCUT2D eigenvalue weighted by Gasteiger charge is 2.09. The predicted molar refractivity (Wildman–Crippen MR) is 110 cm³/mol. The summed E-state index contributed by atoms with van der Waals surface area (Å²) in [4.78, 5) is 12.3. The number of nitrogens with one attached hydrogen (secondary N) is 2. The first-order valence-corrected chi connectivity index (χ1v) is 8.98. The van der Waals surface area contributed by atoms with Crippen molar-refractivity contribution in [3.8, 4) is 17.2 Å². The Kier molecular flexibility index (Phi) is 6.83. The number of aromatic nitrogens is 2. The lowest BCUT2D eigenvalue weighted by molar-refractivity contribution is 0.102. The molecule has 2 N–H and O–H groups in total. The monoisotopic (exact) mass is 394 g/mol. The molecule has 0 spiro atoms. The first kappa shape index (κ1) is 19.9. The predicted octanol–water partition coefficient (Wildman–Crippen LogP) is 3.24. The van der Waals surface area contributed by atoms with Crippen LogP contribution in [-0.4, -0.2) is 43.5 Å². The molecule has 3 aromatic rings. The molecule has 29 heavy (non-hydrogen) atoms. The zero-order chi connectivity index (χ0) is 20.5. The standard InChI is InChI=1S/C21H22N4O4/c1-27-16-6-8-17(9-7-16)29-13-12-22-20-11-10-19(24-25-20)21(26)23-15-4-3-5-18(14-15)28-2/h3-11,14H,12-13H2,1-2H3,(H,22,25)(H,23,26). The second-order valence-corrected chi connectivity index (χ2v) is 5.94. The van der Waals surface area contributed by atoms with E-state index in [9.17, 15) is 4.79 Å². The highest BCUT2D eigenvalue weighted by Crippen LogP contribution is 2.18. The lowest BCUT2D eigenvalue weighted by Gasteiger charge is -2.09. The van der Waals surface area contributed by atoms with Crippen LogP contribution in [0.4, 0.5) is 11.5 Å². The number of hydrogen-bond acceptors (Lipinski definition) is 7. The number of methoxy groups -OCH3 is 2. The van der Waals surface area contributed by atoms with Crippen LogP contribution >= 0.6 is 0 Å². The van der Waals surface area contributed by atoms with E-state index in [1.54, 1.807) is 50.6 Å². The first-order valence-electron chi connectivity index (χ1n) is 8.98. The van der Waals surface area contributed by atoms with E-state index in [1.165, 1.54) is 0 Å². The van der Waals surface area contributed by atoms with E-state index in [2.05, 4.69) is 20.8 Å². The molecule has 0 aliphatic carbocycles. The number of amides is 1. The highest BCUT2D eigenvalue weighted by molar-refractivity contribution is 6.02. The number of rotatable bonds is 9. The van der Waals surface area contributed by atoms with Crippen LogP contribution in [0.2, 0.25) is 0 Å². The van der Waals surface area contributed by atoms with E-state index in [1.807, 2.05) is 24.3 Å². The van der Waals surface area contributed by atoms with Crippen molar-refractivity contribution in [1.29, 1.82) is 0 Å². The second kappa shape index (κ2) is 9.93. The Morgan fingerprint density at radius 1 is 0.897 bits per heavy atom. The molecule has 8 heteroatoms. The van der Waals surface area contributed by atoms with Gasteiger partial charge in [-0.2, -0.15) is 0 Å². The molecular weight excluding hydrogens is 372 g/mol. The van der Waals surface area contributed by atoms with Crippen LogP contribution in [0.25, 0.3) is 0 Å². The van der Waals surface area contributed by atoms with Crippen LogP contribution in [0, 0.1) is 0 Å². The Hall–Kier alpha value is -3.81. The maximum atomic E-state index is 12.3. The van der Waals surface area contributed by atoms with Crippen LogP contribution < -0.4 is 24.8 Å². The summed E-state index contributed by atoms with van der Waals surface area (Å²) < 4.78 is 15.9. The van der Waals surface area contributed by atoms with Gasteiger partial charge in [-0.3, -0.25) is 4.79 Å². The topological polar surface area (TPSA) is 94.6 Å². The van der Waals surface area contributed by atoms with E-state index in [0.717, 1.165) is 11.5 Å². The van der Waals surface area contributed by atoms with Crippen LogP contribution in [0.3, 0.4) is 0 Å². The van der Waals surface area contributed by atoms with Gasteiger partial charge in [-0.15, -0.1) is 10.2 Å². The van der Waals surface area contributed by atoms with Crippen molar-refractivity contribution in [3.05, 3.63) is 66.4 Å². The fourth-order valence-corrected chi connectivity index (χ4v) is 2.46. The third-order valence-electron chi connectivity index (χ3n) is 3.96. The summed E-state index contributed by atoms with van der Waals surface area (Å²) in [5, 5.41) is 13.8. The second-order valence-electron chi connectivity index (χ2n) is 5.94. The van der Waals surface area contributed by atoms with Gasteiger partial charge in [0, 0.05) is 11.8 Å². The van der Waals surface area contributed by atoms with Crippen molar-refractivity contribution in [2.24, 2.45) is 0 Å². The molecule has 0 saturated carbocycles. The number of carbonyl (C=O) groups excluding carboxylic acids is 1. The van der Waals surface area contributed by atoms with Gasteiger partial charge in [0.1, 0.15) is 29.7 Å². The molecule has 1 aromatic heterocycles. The summed E-state index contributed by atoms with van der Waals surface area (Å²) in [6.07, 6.45) is 0. The van der Waals surface area contributed by atoms with Crippen LogP contribution in [0.1, 0.15) is 10.5 Å². The van der Waals surface area contributed by atoms with Crippen molar-refractivity contribution in [2.75, 3.05) is 38.0 Å². The SMILES string of the molecule is COc1ccc(OCCNc2ccc(C(=O)Nc3cccc(OC)c3)nn2)cc1. The van der Waals surface area contributed by atoms with Crippen LogP contribution in [0.5, 0.6) is 17.2 Å². The van der Waals surface area contributed by atoms with Crippen LogP contribution in [0.15, 0.2) is 60.7 Å². The van der Waals surface area contributed by atoms with Crippen LogP contribution in [-0.2, 0) is 0 Å². The zero-order valence-corrected chi connectivity index (χ0v) is 16.2. The molecular formula is C21H22N4O4. The number of anilines is 2. The Balaban J connectivity index is 1.45. The smallest absolute Gasteiger partial charge is 0.276 e. The minimum atomic E-state index is -0.347. The lowest BCUT2D eigenvalue weighted by Crippen LogP contribution is -2.16. The quantitative estimate of drug-likeness (QED) is 0.538. The molecule has 0 atom stereocenters. The normalized spacial score (nSPS) is 10.1. The fraction of sp³-hybridized carbons (Fsp3) is 0.190. The molecule has 0 fully saturated rings. The van der Waals surface area contributed by atoms with Crippen molar-refractivity contribution in [2.45, 2.75) is 0 Å². The van der Waals surface area contributed by atoms with Gasteiger partial charge in [0.15, 0.2) is 5.69 Å². The van der Waals surface area contributed by atoms with E-state index in [-0.39, 0.29) is 11.6 Å². The molecule has 0 saturated heterocycles. The molecule has 0 aliphatic heterocycles. The highest BCUT2D eigenvalue weighted by atomic mass is 16.5. The maximum absolute atomic E-state index is 12.3. The summed E-state index contributed by atoms with van der Waals surface area (Å²) in [6.45, 7) is 0.988. The molecule has 2 aromatic carbocycles.